The van der Waals surface area contributed by atoms with Gasteiger partial charge in [0.05, 0.1) is 24.9 Å². The van der Waals surface area contributed by atoms with Crippen molar-refractivity contribution in [2.75, 3.05) is 44.3 Å². The van der Waals surface area contributed by atoms with Crippen LogP contribution in [0, 0.1) is 6.42 Å². The largest absolute Gasteiger partial charge is 0.508 e. The molecular formula is C42H52N5O6. The van der Waals surface area contributed by atoms with E-state index in [4.69, 9.17) is 9.15 Å². The zero-order valence-corrected chi connectivity index (χ0v) is 30.5. The van der Waals surface area contributed by atoms with Gasteiger partial charge in [0.2, 0.25) is 11.8 Å². The first kappa shape index (κ1) is 39.1. The number of unbranched alkanes of at least 4 members (excludes halogenated alkanes) is 2. The second-order valence-corrected chi connectivity index (χ2v) is 13.1. The van der Waals surface area contributed by atoms with Crippen molar-refractivity contribution in [3.05, 3.63) is 115 Å². The quantitative estimate of drug-likeness (QED) is 0.0826. The smallest absolute Gasteiger partial charge is 0.429 e. The molecule has 0 aliphatic carbocycles. The van der Waals surface area contributed by atoms with Crippen LogP contribution in [0.4, 0.5) is 10.5 Å². The number of aromatic hydroxyl groups is 1. The van der Waals surface area contributed by atoms with Crippen molar-refractivity contribution < 1.29 is 28.6 Å². The molecule has 0 atom stereocenters. The number of hydrogen-bond acceptors (Lipinski definition) is 8. The van der Waals surface area contributed by atoms with E-state index in [-0.39, 0.29) is 30.6 Å². The minimum absolute atomic E-state index is 0.0265. The molecule has 1 fully saturated rings. The van der Waals surface area contributed by atoms with E-state index >= 15 is 0 Å². The number of furan rings is 1. The molecule has 1 saturated heterocycles. The third kappa shape index (κ3) is 12.8. The first-order valence-electron chi connectivity index (χ1n) is 18.7. The van der Waals surface area contributed by atoms with Crippen molar-refractivity contribution in [1.29, 1.82) is 0 Å². The Morgan fingerprint density at radius 3 is 2.36 bits per heavy atom. The molecule has 1 aromatic heterocycles. The summed E-state index contributed by atoms with van der Waals surface area (Å²) in [6.07, 6.45) is 8.72. The third-order valence-corrected chi connectivity index (χ3v) is 9.12. The number of anilines is 1. The summed E-state index contributed by atoms with van der Waals surface area (Å²) in [5.41, 5.74) is 3.64. The Hall–Kier alpha value is -5.13. The highest BCUT2D eigenvalue weighted by Gasteiger charge is 2.28. The number of para-hydroxylation sites is 1. The number of ether oxygens (including phenoxy) is 1. The molecule has 11 nitrogen and oxygen atoms in total. The molecule has 1 radical (unpaired) electrons. The average Bonchev–Trinajstić information content (AvgIpc) is 3.71. The molecule has 2 heterocycles. The van der Waals surface area contributed by atoms with Gasteiger partial charge >= 0.3 is 6.09 Å². The topological polar surface area (TPSA) is 128 Å². The molecule has 281 valence electrons. The molecular weight excluding hydrogens is 670 g/mol. The van der Waals surface area contributed by atoms with E-state index in [1.807, 2.05) is 88.8 Å². The van der Waals surface area contributed by atoms with Gasteiger partial charge < -0.3 is 29.8 Å². The second kappa shape index (κ2) is 21.4. The highest BCUT2D eigenvalue weighted by Crippen LogP contribution is 2.33. The Morgan fingerprint density at radius 2 is 1.58 bits per heavy atom. The number of phenolic OH excluding ortho intramolecular Hbond substituents is 1. The Labute approximate surface area is 312 Å². The summed E-state index contributed by atoms with van der Waals surface area (Å²) in [5.74, 6) is 0.963. The van der Waals surface area contributed by atoms with Crippen molar-refractivity contribution in [2.24, 2.45) is 0 Å². The Morgan fingerprint density at radius 1 is 0.811 bits per heavy atom. The summed E-state index contributed by atoms with van der Waals surface area (Å²) in [5, 5.41) is 19.6. The van der Waals surface area contributed by atoms with E-state index in [1.165, 1.54) is 0 Å². The fourth-order valence-electron chi connectivity index (χ4n) is 6.30. The highest BCUT2D eigenvalue weighted by atomic mass is 16.6. The maximum atomic E-state index is 13.6. The van der Waals surface area contributed by atoms with E-state index in [1.54, 1.807) is 23.4 Å². The van der Waals surface area contributed by atoms with Crippen LogP contribution in [0.15, 0.2) is 102 Å². The van der Waals surface area contributed by atoms with E-state index in [9.17, 15) is 19.5 Å². The summed E-state index contributed by atoms with van der Waals surface area (Å²) in [6.45, 7) is 4.28. The zero-order chi connectivity index (χ0) is 37.1. The van der Waals surface area contributed by atoms with Gasteiger partial charge in [-0.3, -0.25) is 9.59 Å². The van der Waals surface area contributed by atoms with Gasteiger partial charge in [0.1, 0.15) is 18.1 Å². The first-order valence-corrected chi connectivity index (χ1v) is 18.7. The number of amides is 3. The summed E-state index contributed by atoms with van der Waals surface area (Å²) >= 11 is 0. The lowest BCUT2D eigenvalue weighted by Gasteiger charge is -2.37. The number of phenols is 1. The molecule has 4 aromatic rings. The number of hydrogen-bond donors (Lipinski definition) is 3. The van der Waals surface area contributed by atoms with Crippen LogP contribution in [-0.4, -0.2) is 72.3 Å². The van der Waals surface area contributed by atoms with Gasteiger partial charge in [-0.2, -0.15) is 0 Å². The molecule has 0 saturated carbocycles. The third-order valence-electron chi connectivity index (χ3n) is 9.12. The van der Waals surface area contributed by atoms with Crippen LogP contribution >= 0.6 is 0 Å². The molecule has 3 aromatic carbocycles. The van der Waals surface area contributed by atoms with Crippen LogP contribution in [0.2, 0.25) is 0 Å². The van der Waals surface area contributed by atoms with Crippen molar-refractivity contribution in [3.63, 3.8) is 0 Å². The molecule has 1 aliphatic rings. The monoisotopic (exact) mass is 722 g/mol. The molecule has 11 heteroatoms. The number of nitrogens with one attached hydrogen (secondary N) is 2. The minimum Gasteiger partial charge on any atom is -0.508 e. The number of nitrogens with zero attached hydrogens (tertiary/aromatic N) is 3. The summed E-state index contributed by atoms with van der Waals surface area (Å²) in [4.78, 5) is 41.3. The lowest BCUT2D eigenvalue weighted by molar-refractivity contribution is -0.132. The molecule has 3 amide bonds. The van der Waals surface area contributed by atoms with Crippen LogP contribution in [0.25, 0.3) is 11.1 Å². The van der Waals surface area contributed by atoms with Gasteiger partial charge in [0.25, 0.3) is 0 Å². The lowest BCUT2D eigenvalue weighted by Crippen LogP contribution is -2.50. The normalized spacial score (nSPS) is 13.0. The summed E-state index contributed by atoms with van der Waals surface area (Å²) in [6, 6.07) is 28.5. The van der Waals surface area contributed by atoms with E-state index < -0.39 is 6.09 Å². The van der Waals surface area contributed by atoms with Gasteiger partial charge in [-0.15, -0.1) is 0 Å². The number of benzene rings is 3. The predicted molar refractivity (Wildman–Crippen MR) is 205 cm³/mol. The zero-order valence-electron chi connectivity index (χ0n) is 30.5. The number of hydrazine groups is 1. The molecule has 1 aliphatic heterocycles. The molecule has 0 unspecified atom stereocenters. The van der Waals surface area contributed by atoms with E-state index in [2.05, 4.69) is 17.1 Å². The maximum absolute atomic E-state index is 13.6. The molecule has 0 spiro atoms. The summed E-state index contributed by atoms with van der Waals surface area (Å²) in [7, 11) is 0. The van der Waals surface area contributed by atoms with Crippen LogP contribution in [-0.2, 0) is 27.4 Å². The maximum Gasteiger partial charge on any atom is 0.429 e. The second-order valence-electron chi connectivity index (χ2n) is 13.1. The Bertz CT molecular complexity index is 1680. The SMILES string of the molecule is O=C(CCOC(=O)N(c1ccccc1-c1ccccc1)N1CC[CH]CC1)NCCCCCN(Cc1ccc(O)cc1)C(=O)CCCNCc1ccco1. The molecule has 53 heavy (non-hydrogen) atoms. The number of carbonyl (C=O) groups excluding carboxylic acids is 3. The van der Waals surface area contributed by atoms with Gasteiger partial charge in [0.15, 0.2) is 0 Å². The van der Waals surface area contributed by atoms with Crippen molar-refractivity contribution >= 4 is 23.6 Å². The van der Waals surface area contributed by atoms with Gasteiger partial charge in [-0.05, 0) is 92.9 Å². The lowest BCUT2D eigenvalue weighted by atomic mass is 10.0. The molecule has 3 N–H and O–H groups in total. The average molecular weight is 723 g/mol. The fourth-order valence-corrected chi connectivity index (χ4v) is 6.30. The van der Waals surface area contributed by atoms with Crippen molar-refractivity contribution in [2.45, 2.75) is 64.5 Å². The Balaban J connectivity index is 1.03. The molecule has 5 rings (SSSR count). The standard InChI is InChI=1S/C42H52N5O6/c48-36-22-20-34(21-23-36)33-45(41(50)19-12-25-43-32-37-16-13-30-52-37)27-9-2-8-26-44-40(49)24-31-53-42(51)47(46-28-10-3-11-29-46)39-18-7-6-17-38(39)35-14-4-1-5-15-35/h1,3-7,13-18,20-23,30,43,48H,2,8-12,19,24-29,31-33H2,(H,44,49). The summed E-state index contributed by atoms with van der Waals surface area (Å²) < 4.78 is 11.0. The predicted octanol–water partition coefficient (Wildman–Crippen LogP) is 7.09. The van der Waals surface area contributed by atoms with Crippen LogP contribution in [0.3, 0.4) is 0 Å². The highest BCUT2D eigenvalue weighted by molar-refractivity contribution is 5.93. The first-order chi connectivity index (χ1) is 26.0. The van der Waals surface area contributed by atoms with Gasteiger partial charge in [0, 0.05) is 44.7 Å². The minimum atomic E-state index is -0.500. The van der Waals surface area contributed by atoms with Gasteiger partial charge in [-0.1, -0.05) is 60.7 Å². The molecule has 0 bridgehead atoms. The van der Waals surface area contributed by atoms with Crippen LogP contribution in [0.1, 0.15) is 62.7 Å². The number of piperidine rings is 1. The van der Waals surface area contributed by atoms with E-state index in [0.717, 1.165) is 60.2 Å². The van der Waals surface area contributed by atoms with Crippen molar-refractivity contribution in [3.8, 4) is 16.9 Å². The van der Waals surface area contributed by atoms with Crippen LogP contribution in [0.5, 0.6) is 5.75 Å². The fraction of sp³-hybridized carbons (Fsp3) is 0.381. The Kier molecular flexibility index (Phi) is 15.8. The van der Waals surface area contributed by atoms with Gasteiger partial charge in [-0.25, -0.2) is 14.8 Å². The van der Waals surface area contributed by atoms with E-state index in [0.29, 0.717) is 58.7 Å². The number of rotatable bonds is 20. The van der Waals surface area contributed by atoms with Crippen LogP contribution < -0.4 is 15.6 Å². The van der Waals surface area contributed by atoms with Crippen molar-refractivity contribution in [1.82, 2.24) is 20.5 Å². The number of carbonyl (C=O) groups is 3.